The third-order valence-electron chi connectivity index (χ3n) is 5.78. The number of fused-ring (bicyclic) bond motifs is 1. The van der Waals surface area contributed by atoms with Crippen LogP contribution in [0.15, 0.2) is 12.3 Å². The lowest BCUT2D eigenvalue weighted by Gasteiger charge is -2.15. The Balaban J connectivity index is 1.50. The van der Waals surface area contributed by atoms with Crippen molar-refractivity contribution >= 4 is 17.3 Å². The smallest absolute Gasteiger partial charge is 0.163 e. The average molecular weight is 425 g/mol. The van der Waals surface area contributed by atoms with Crippen LogP contribution in [-0.4, -0.2) is 55.9 Å². The number of nitrogens with zero attached hydrogens (tertiary/aromatic N) is 6. The van der Waals surface area contributed by atoms with E-state index in [1.807, 2.05) is 23.9 Å². The zero-order valence-electron chi connectivity index (χ0n) is 17.9. The van der Waals surface area contributed by atoms with E-state index < -0.39 is 0 Å². The third-order valence-corrected chi connectivity index (χ3v) is 5.78. The molecular formula is C21H28N8O2. The van der Waals surface area contributed by atoms with Gasteiger partial charge in [-0.05, 0) is 19.4 Å². The molecule has 0 spiro atoms. The summed E-state index contributed by atoms with van der Waals surface area (Å²) >= 11 is 0. The number of ether oxygens (including phenoxy) is 1. The Bertz CT molecular complexity index is 1110. The molecule has 0 radical (unpaired) electrons. The predicted octanol–water partition coefficient (Wildman–Crippen LogP) is 1.47. The molecule has 1 aliphatic heterocycles. The molecule has 10 nitrogen and oxygen atoms in total. The van der Waals surface area contributed by atoms with E-state index in [4.69, 9.17) is 10.5 Å². The van der Waals surface area contributed by atoms with Crippen molar-refractivity contribution in [1.29, 1.82) is 5.26 Å². The Morgan fingerprint density at radius 3 is 2.94 bits per heavy atom. The van der Waals surface area contributed by atoms with E-state index in [1.165, 1.54) is 0 Å². The largest absolute Gasteiger partial charge is 0.396 e. The summed E-state index contributed by atoms with van der Waals surface area (Å²) in [6.45, 7) is 5.79. The lowest BCUT2D eigenvalue weighted by molar-refractivity contribution is 0.160. The first-order valence-electron chi connectivity index (χ1n) is 10.6. The van der Waals surface area contributed by atoms with Crippen LogP contribution in [0.25, 0.3) is 5.65 Å². The number of nitriles is 1. The van der Waals surface area contributed by atoms with Gasteiger partial charge in [0, 0.05) is 30.6 Å². The molecule has 0 bridgehead atoms. The van der Waals surface area contributed by atoms with Crippen LogP contribution in [0.1, 0.15) is 41.9 Å². The first kappa shape index (κ1) is 21.1. The van der Waals surface area contributed by atoms with Gasteiger partial charge in [0.1, 0.15) is 23.3 Å². The lowest BCUT2D eigenvalue weighted by atomic mass is 10.1. The number of aromatic nitrogens is 5. The molecule has 2 atom stereocenters. The first-order chi connectivity index (χ1) is 15.1. The standard InChI is InChI=1S/C21H28N8O2/c1-3-4-16-13(2)26-29-19(23)17(9-22)20(25-21(16)29)24-7-5-15-6-8-28(27-15)18-12-31-11-14(18)10-30/h6,8,14,18,30H,3-5,7,10-12,23H2,1-2H3,(H,24,25). The van der Waals surface area contributed by atoms with E-state index in [9.17, 15) is 10.4 Å². The number of hydrogen-bond acceptors (Lipinski definition) is 8. The van der Waals surface area contributed by atoms with Crippen molar-refractivity contribution in [3.05, 3.63) is 34.8 Å². The summed E-state index contributed by atoms with van der Waals surface area (Å²) in [4.78, 5) is 4.68. The fourth-order valence-corrected chi connectivity index (χ4v) is 4.06. The van der Waals surface area contributed by atoms with Gasteiger partial charge >= 0.3 is 0 Å². The number of nitrogens with one attached hydrogen (secondary N) is 1. The van der Waals surface area contributed by atoms with Gasteiger partial charge in [-0.1, -0.05) is 13.3 Å². The highest BCUT2D eigenvalue weighted by atomic mass is 16.5. The van der Waals surface area contributed by atoms with Gasteiger partial charge in [0.2, 0.25) is 0 Å². The van der Waals surface area contributed by atoms with E-state index in [2.05, 4.69) is 33.5 Å². The highest BCUT2D eigenvalue weighted by molar-refractivity contribution is 5.69. The molecule has 1 fully saturated rings. The Labute approximate surface area is 180 Å². The molecule has 1 aliphatic rings. The SMILES string of the molecule is CCCc1c(C)nn2c(N)c(C#N)c(NCCc3ccn(C4COCC4CO)n3)nc12. The van der Waals surface area contributed by atoms with Crippen LogP contribution in [-0.2, 0) is 17.6 Å². The highest BCUT2D eigenvalue weighted by Gasteiger charge is 2.29. The fraction of sp³-hybridized carbons (Fsp3) is 0.524. The van der Waals surface area contributed by atoms with Crippen molar-refractivity contribution in [3.63, 3.8) is 0 Å². The van der Waals surface area contributed by atoms with E-state index in [1.54, 1.807) is 4.52 Å². The molecule has 31 heavy (non-hydrogen) atoms. The number of nitrogens with two attached hydrogens (primary N) is 1. The lowest BCUT2D eigenvalue weighted by Crippen LogP contribution is -2.21. The number of rotatable bonds is 8. The molecule has 4 heterocycles. The van der Waals surface area contributed by atoms with Crippen LogP contribution in [0.5, 0.6) is 0 Å². The van der Waals surface area contributed by atoms with Gasteiger partial charge in [-0.15, -0.1) is 0 Å². The van der Waals surface area contributed by atoms with Crippen molar-refractivity contribution in [2.24, 2.45) is 5.92 Å². The Hall–Kier alpha value is -3.16. The molecule has 0 saturated carbocycles. The van der Waals surface area contributed by atoms with E-state index in [0.717, 1.165) is 29.8 Å². The molecule has 0 amide bonds. The number of aliphatic hydroxyl groups excluding tert-OH is 1. The summed E-state index contributed by atoms with van der Waals surface area (Å²) in [6.07, 6.45) is 4.40. The molecule has 1 saturated heterocycles. The average Bonchev–Trinajstić information content (AvgIpc) is 3.48. The molecule has 0 aromatic carbocycles. The maximum Gasteiger partial charge on any atom is 0.163 e. The first-order valence-corrected chi connectivity index (χ1v) is 10.6. The second-order valence-electron chi connectivity index (χ2n) is 7.89. The van der Waals surface area contributed by atoms with Gasteiger partial charge in [0.25, 0.3) is 0 Å². The van der Waals surface area contributed by atoms with Crippen molar-refractivity contribution in [2.75, 3.05) is 37.4 Å². The molecule has 3 aromatic rings. The van der Waals surface area contributed by atoms with Gasteiger partial charge < -0.3 is 20.9 Å². The molecule has 4 N–H and O–H groups in total. The molecule has 0 aliphatic carbocycles. The normalized spacial score (nSPS) is 18.5. The summed E-state index contributed by atoms with van der Waals surface area (Å²) < 4.78 is 8.91. The van der Waals surface area contributed by atoms with Crippen LogP contribution in [0, 0.1) is 24.2 Å². The van der Waals surface area contributed by atoms with Crippen molar-refractivity contribution in [3.8, 4) is 6.07 Å². The Kier molecular flexibility index (Phi) is 6.06. The van der Waals surface area contributed by atoms with Gasteiger partial charge in [-0.2, -0.15) is 20.0 Å². The molecular weight excluding hydrogens is 396 g/mol. The second kappa shape index (κ2) is 8.91. The zero-order chi connectivity index (χ0) is 22.0. The minimum Gasteiger partial charge on any atom is -0.396 e. The minimum atomic E-state index is 0.0582. The summed E-state index contributed by atoms with van der Waals surface area (Å²) in [5.74, 6) is 0.828. The summed E-state index contributed by atoms with van der Waals surface area (Å²) in [7, 11) is 0. The molecule has 4 rings (SSSR count). The number of aliphatic hydroxyl groups is 1. The second-order valence-corrected chi connectivity index (χ2v) is 7.89. The Morgan fingerprint density at radius 1 is 1.35 bits per heavy atom. The molecule has 164 valence electrons. The van der Waals surface area contributed by atoms with Crippen molar-refractivity contribution < 1.29 is 9.84 Å². The number of anilines is 2. The van der Waals surface area contributed by atoms with Crippen molar-refractivity contribution in [1.82, 2.24) is 24.4 Å². The topological polar surface area (TPSA) is 139 Å². The van der Waals surface area contributed by atoms with Crippen LogP contribution >= 0.6 is 0 Å². The van der Waals surface area contributed by atoms with Crippen LogP contribution in [0.2, 0.25) is 0 Å². The maximum atomic E-state index is 9.63. The van der Waals surface area contributed by atoms with Gasteiger partial charge in [-0.25, -0.2) is 4.98 Å². The fourth-order valence-electron chi connectivity index (χ4n) is 4.06. The monoisotopic (exact) mass is 424 g/mol. The number of aryl methyl sites for hydroxylation is 2. The maximum absolute atomic E-state index is 9.63. The number of hydrogen-bond donors (Lipinski definition) is 3. The number of nitrogen functional groups attached to an aromatic ring is 1. The van der Waals surface area contributed by atoms with Gasteiger partial charge in [0.15, 0.2) is 5.65 Å². The molecule has 10 heteroatoms. The van der Waals surface area contributed by atoms with E-state index in [0.29, 0.717) is 43.5 Å². The summed E-state index contributed by atoms with van der Waals surface area (Å²) in [6, 6.07) is 4.17. The molecule has 2 unspecified atom stereocenters. The van der Waals surface area contributed by atoms with Crippen molar-refractivity contribution in [2.45, 2.75) is 39.2 Å². The Morgan fingerprint density at radius 2 is 2.19 bits per heavy atom. The van der Waals surface area contributed by atoms with Crippen LogP contribution in [0.4, 0.5) is 11.6 Å². The van der Waals surface area contributed by atoms with E-state index in [-0.39, 0.29) is 24.1 Å². The quantitative estimate of drug-likeness (QED) is 0.494. The van der Waals surface area contributed by atoms with Gasteiger partial charge in [0.05, 0.1) is 37.3 Å². The third kappa shape index (κ3) is 3.94. The van der Waals surface area contributed by atoms with Crippen LogP contribution < -0.4 is 11.1 Å². The summed E-state index contributed by atoms with van der Waals surface area (Å²) in [5.41, 5.74) is 10.1. The zero-order valence-corrected chi connectivity index (χ0v) is 17.9. The summed E-state index contributed by atoms with van der Waals surface area (Å²) in [5, 5.41) is 31.5. The minimum absolute atomic E-state index is 0.0582. The van der Waals surface area contributed by atoms with E-state index >= 15 is 0 Å². The predicted molar refractivity (Wildman–Crippen MR) is 116 cm³/mol. The van der Waals surface area contributed by atoms with Gasteiger partial charge in [-0.3, -0.25) is 4.68 Å². The molecule has 3 aromatic heterocycles. The highest BCUT2D eigenvalue weighted by Crippen LogP contribution is 2.26. The van der Waals surface area contributed by atoms with Crippen LogP contribution in [0.3, 0.4) is 0 Å².